The number of thiophene rings is 1. The van der Waals surface area contributed by atoms with E-state index in [2.05, 4.69) is 0 Å². The summed E-state index contributed by atoms with van der Waals surface area (Å²) in [6, 6.07) is 8.63. The third-order valence-electron chi connectivity index (χ3n) is 3.60. The number of nitro benzene ring substituents is 1. The van der Waals surface area contributed by atoms with Crippen LogP contribution in [0.2, 0.25) is 0 Å². The summed E-state index contributed by atoms with van der Waals surface area (Å²) in [5, 5.41) is 12.9. The van der Waals surface area contributed by atoms with Gasteiger partial charge in [0, 0.05) is 23.6 Å². The number of aryl methyl sites for hydroxylation is 1. The van der Waals surface area contributed by atoms with Crippen LogP contribution in [0.3, 0.4) is 0 Å². The lowest BCUT2D eigenvalue weighted by molar-refractivity contribution is -0.384. The van der Waals surface area contributed by atoms with Crippen LogP contribution in [-0.4, -0.2) is 17.4 Å². The summed E-state index contributed by atoms with van der Waals surface area (Å²) in [7, 11) is 0. The molecule has 0 aliphatic carbocycles. The van der Waals surface area contributed by atoms with Gasteiger partial charge in [-0.2, -0.15) is 0 Å². The molecular formula is C15H14N2O3S. The monoisotopic (exact) mass is 302 g/mol. The molecule has 5 nitrogen and oxygen atoms in total. The number of amides is 1. The fourth-order valence-corrected chi connectivity index (χ4v) is 3.29. The summed E-state index contributed by atoms with van der Waals surface area (Å²) in [4.78, 5) is 25.7. The number of rotatable bonds is 3. The Morgan fingerprint density at radius 3 is 2.95 bits per heavy atom. The molecule has 1 aromatic heterocycles. The molecule has 0 saturated carbocycles. The molecule has 1 aliphatic rings. The zero-order valence-electron chi connectivity index (χ0n) is 11.3. The van der Waals surface area contributed by atoms with Crippen LogP contribution in [0.4, 0.5) is 11.4 Å². The van der Waals surface area contributed by atoms with Crippen LogP contribution in [0, 0.1) is 10.1 Å². The minimum Gasteiger partial charge on any atom is -0.312 e. The van der Waals surface area contributed by atoms with Gasteiger partial charge in [0.1, 0.15) is 0 Å². The third kappa shape index (κ3) is 2.80. The first kappa shape index (κ1) is 13.8. The van der Waals surface area contributed by atoms with E-state index in [-0.39, 0.29) is 11.6 Å². The molecule has 6 heteroatoms. The molecule has 0 N–H and O–H groups in total. The molecule has 0 saturated heterocycles. The number of non-ortho nitro benzene ring substituents is 1. The lowest BCUT2D eigenvalue weighted by Gasteiger charge is -2.29. The third-order valence-corrected chi connectivity index (χ3v) is 4.48. The Morgan fingerprint density at radius 1 is 1.38 bits per heavy atom. The second-order valence-electron chi connectivity index (χ2n) is 4.98. The molecule has 108 valence electrons. The standard InChI is InChI=1S/C15H14N2O3S/c18-15(10-13-4-2-8-21-13)16-7-1-3-11-5-6-12(17(19)20)9-14(11)16/h2,4-6,8-9H,1,3,7,10H2. The summed E-state index contributed by atoms with van der Waals surface area (Å²) in [6.07, 6.45) is 2.09. The maximum absolute atomic E-state index is 12.5. The van der Waals surface area contributed by atoms with Gasteiger partial charge in [0.25, 0.3) is 5.69 Å². The maximum Gasteiger partial charge on any atom is 0.271 e. The fourth-order valence-electron chi connectivity index (χ4n) is 2.59. The molecule has 0 unspecified atom stereocenters. The Balaban J connectivity index is 1.90. The van der Waals surface area contributed by atoms with Gasteiger partial charge >= 0.3 is 0 Å². The zero-order chi connectivity index (χ0) is 14.8. The molecule has 2 aromatic rings. The van der Waals surface area contributed by atoms with Crippen LogP contribution in [0.5, 0.6) is 0 Å². The summed E-state index contributed by atoms with van der Waals surface area (Å²) in [5.41, 5.74) is 1.73. The molecule has 0 bridgehead atoms. The average Bonchev–Trinajstić information content (AvgIpc) is 2.98. The van der Waals surface area contributed by atoms with E-state index in [9.17, 15) is 14.9 Å². The number of nitro groups is 1. The Morgan fingerprint density at radius 2 is 2.24 bits per heavy atom. The van der Waals surface area contributed by atoms with Gasteiger partial charge in [0.15, 0.2) is 0 Å². The summed E-state index contributed by atoms with van der Waals surface area (Å²) >= 11 is 1.55. The predicted molar refractivity (Wildman–Crippen MR) is 81.8 cm³/mol. The molecule has 2 heterocycles. The van der Waals surface area contributed by atoms with Crippen molar-refractivity contribution in [2.24, 2.45) is 0 Å². The molecule has 0 atom stereocenters. The second-order valence-corrected chi connectivity index (χ2v) is 6.01. The van der Waals surface area contributed by atoms with Crippen molar-refractivity contribution in [2.75, 3.05) is 11.4 Å². The largest absolute Gasteiger partial charge is 0.312 e. The molecular weight excluding hydrogens is 288 g/mol. The first-order valence-electron chi connectivity index (χ1n) is 6.75. The van der Waals surface area contributed by atoms with E-state index in [0.717, 1.165) is 23.3 Å². The van der Waals surface area contributed by atoms with E-state index in [1.165, 1.54) is 12.1 Å². The van der Waals surface area contributed by atoms with Crippen molar-refractivity contribution in [3.05, 3.63) is 56.3 Å². The van der Waals surface area contributed by atoms with Crippen molar-refractivity contribution in [3.63, 3.8) is 0 Å². The van der Waals surface area contributed by atoms with E-state index >= 15 is 0 Å². The highest BCUT2D eigenvalue weighted by molar-refractivity contribution is 7.10. The SMILES string of the molecule is O=C(Cc1cccs1)N1CCCc2ccc([N+](=O)[O-])cc21. The van der Waals surface area contributed by atoms with Crippen molar-refractivity contribution in [3.8, 4) is 0 Å². The maximum atomic E-state index is 12.5. The lowest BCUT2D eigenvalue weighted by Crippen LogP contribution is -2.36. The van der Waals surface area contributed by atoms with Crippen molar-refractivity contribution in [1.82, 2.24) is 0 Å². The van der Waals surface area contributed by atoms with E-state index < -0.39 is 4.92 Å². The number of hydrogen-bond acceptors (Lipinski definition) is 4. The van der Waals surface area contributed by atoms with Gasteiger partial charge in [-0.15, -0.1) is 11.3 Å². The van der Waals surface area contributed by atoms with E-state index in [1.54, 1.807) is 22.3 Å². The van der Waals surface area contributed by atoms with E-state index in [0.29, 0.717) is 18.7 Å². The average molecular weight is 302 g/mol. The number of carbonyl (C=O) groups excluding carboxylic acids is 1. The van der Waals surface area contributed by atoms with E-state index in [1.807, 2.05) is 17.5 Å². The quantitative estimate of drug-likeness (QED) is 0.646. The molecule has 1 aromatic carbocycles. The van der Waals surface area contributed by atoms with Crippen LogP contribution in [-0.2, 0) is 17.6 Å². The Bertz CT molecular complexity index is 682. The van der Waals surface area contributed by atoms with Crippen molar-refractivity contribution >= 4 is 28.6 Å². The fraction of sp³-hybridized carbons (Fsp3) is 0.267. The highest BCUT2D eigenvalue weighted by Gasteiger charge is 2.24. The van der Waals surface area contributed by atoms with Gasteiger partial charge in [-0.1, -0.05) is 12.1 Å². The molecule has 0 fully saturated rings. The van der Waals surface area contributed by atoms with Crippen LogP contribution >= 0.6 is 11.3 Å². The van der Waals surface area contributed by atoms with Crippen molar-refractivity contribution < 1.29 is 9.72 Å². The van der Waals surface area contributed by atoms with E-state index in [4.69, 9.17) is 0 Å². The van der Waals surface area contributed by atoms with Gasteiger partial charge < -0.3 is 4.90 Å². The van der Waals surface area contributed by atoms with Gasteiger partial charge in [-0.05, 0) is 29.9 Å². The minimum atomic E-state index is -0.420. The van der Waals surface area contributed by atoms with Crippen molar-refractivity contribution in [2.45, 2.75) is 19.3 Å². The second kappa shape index (κ2) is 5.65. The number of hydrogen-bond donors (Lipinski definition) is 0. The predicted octanol–water partition coefficient (Wildman–Crippen LogP) is 3.18. The Kier molecular flexibility index (Phi) is 3.70. The number of benzene rings is 1. The minimum absolute atomic E-state index is 0.00102. The summed E-state index contributed by atoms with van der Waals surface area (Å²) in [5.74, 6) is -0.00102. The Hall–Kier alpha value is -2.21. The molecule has 3 rings (SSSR count). The summed E-state index contributed by atoms with van der Waals surface area (Å²) in [6.45, 7) is 0.623. The molecule has 0 radical (unpaired) electrons. The number of carbonyl (C=O) groups is 1. The number of nitrogens with zero attached hydrogens (tertiary/aromatic N) is 2. The first-order chi connectivity index (χ1) is 10.1. The normalized spacial score (nSPS) is 13.8. The molecule has 1 aliphatic heterocycles. The smallest absolute Gasteiger partial charge is 0.271 e. The number of fused-ring (bicyclic) bond motifs is 1. The topological polar surface area (TPSA) is 63.5 Å². The summed E-state index contributed by atoms with van der Waals surface area (Å²) < 4.78 is 0. The van der Waals surface area contributed by atoms with Crippen LogP contribution < -0.4 is 4.90 Å². The molecule has 1 amide bonds. The molecule has 21 heavy (non-hydrogen) atoms. The van der Waals surface area contributed by atoms with Gasteiger partial charge in [0.05, 0.1) is 17.0 Å². The van der Waals surface area contributed by atoms with Crippen LogP contribution in [0.15, 0.2) is 35.7 Å². The first-order valence-corrected chi connectivity index (χ1v) is 7.63. The van der Waals surface area contributed by atoms with Gasteiger partial charge in [0.2, 0.25) is 5.91 Å². The van der Waals surface area contributed by atoms with Crippen molar-refractivity contribution in [1.29, 1.82) is 0 Å². The van der Waals surface area contributed by atoms with Gasteiger partial charge in [-0.3, -0.25) is 14.9 Å². The Labute approximate surface area is 126 Å². The van der Waals surface area contributed by atoms with Crippen LogP contribution in [0.25, 0.3) is 0 Å². The van der Waals surface area contributed by atoms with Gasteiger partial charge in [-0.25, -0.2) is 0 Å². The van der Waals surface area contributed by atoms with Crippen LogP contribution in [0.1, 0.15) is 16.9 Å². The highest BCUT2D eigenvalue weighted by Crippen LogP contribution is 2.31. The molecule has 0 spiro atoms. The lowest BCUT2D eigenvalue weighted by atomic mass is 10.0. The number of anilines is 1. The zero-order valence-corrected chi connectivity index (χ0v) is 12.1. The highest BCUT2D eigenvalue weighted by atomic mass is 32.1.